The Morgan fingerprint density at radius 1 is 1.33 bits per heavy atom. The summed E-state index contributed by atoms with van der Waals surface area (Å²) in [6.45, 7) is 2.97. The molecule has 1 atom stereocenters. The van der Waals surface area contributed by atoms with Crippen LogP contribution in [0.15, 0.2) is 12.1 Å². The van der Waals surface area contributed by atoms with Gasteiger partial charge < -0.3 is 10.6 Å². The molecule has 0 saturated carbocycles. The van der Waals surface area contributed by atoms with E-state index >= 15 is 0 Å². The van der Waals surface area contributed by atoms with Crippen molar-refractivity contribution in [1.82, 2.24) is 5.32 Å². The highest BCUT2D eigenvalue weighted by Crippen LogP contribution is 2.24. The van der Waals surface area contributed by atoms with Gasteiger partial charge in [-0.05, 0) is 19.5 Å². The third kappa shape index (κ3) is 3.63. The van der Waals surface area contributed by atoms with Gasteiger partial charge >= 0.3 is 0 Å². The molecule has 0 aliphatic rings. The number of anilines is 1. The number of nitrogens with one attached hydrogen (secondary N) is 2. The number of hydrogen-bond donors (Lipinski definition) is 2. The smallest absolute Gasteiger partial charge is 0.275 e. The van der Waals surface area contributed by atoms with Crippen molar-refractivity contribution in [2.75, 3.05) is 25.5 Å². The van der Waals surface area contributed by atoms with Gasteiger partial charge in [0, 0.05) is 6.54 Å². The Labute approximate surface area is 103 Å². The summed E-state index contributed by atoms with van der Waals surface area (Å²) < 4.78 is 27.0. The molecule has 0 aromatic heterocycles. The van der Waals surface area contributed by atoms with E-state index in [0.29, 0.717) is 25.2 Å². The van der Waals surface area contributed by atoms with Gasteiger partial charge in [-0.3, -0.25) is 10.1 Å². The molecular weight excluding hydrogens is 244 g/mol. The number of nitro groups is 1. The first kappa shape index (κ1) is 14.3. The summed E-state index contributed by atoms with van der Waals surface area (Å²) >= 11 is 0. The molecule has 1 aromatic carbocycles. The zero-order valence-electron chi connectivity index (χ0n) is 10.2. The zero-order valence-corrected chi connectivity index (χ0v) is 10.2. The number of hydrogen-bond acceptors (Lipinski definition) is 4. The van der Waals surface area contributed by atoms with Gasteiger partial charge in [-0.15, -0.1) is 0 Å². The molecule has 0 fully saturated rings. The Kier molecular flexibility index (Phi) is 4.96. The third-order valence-corrected chi connectivity index (χ3v) is 2.42. The fourth-order valence-corrected chi connectivity index (χ4v) is 1.53. The van der Waals surface area contributed by atoms with E-state index in [0.717, 1.165) is 0 Å². The highest BCUT2D eigenvalue weighted by atomic mass is 19.1. The lowest BCUT2D eigenvalue weighted by Crippen LogP contribution is -2.23. The Bertz CT molecular complexity index is 417. The number of halogens is 2. The van der Waals surface area contributed by atoms with E-state index in [-0.39, 0.29) is 11.6 Å². The number of non-ortho nitro benzene ring substituents is 1. The lowest BCUT2D eigenvalue weighted by atomic mass is 10.1. The van der Waals surface area contributed by atoms with Crippen molar-refractivity contribution < 1.29 is 13.7 Å². The van der Waals surface area contributed by atoms with Gasteiger partial charge in [0.25, 0.3) is 5.69 Å². The summed E-state index contributed by atoms with van der Waals surface area (Å²) in [5, 5.41) is 16.0. The molecule has 0 saturated heterocycles. The van der Waals surface area contributed by atoms with E-state index in [1.807, 2.05) is 6.92 Å². The predicted molar refractivity (Wildman–Crippen MR) is 64.6 cm³/mol. The summed E-state index contributed by atoms with van der Waals surface area (Å²) in [5.74, 6) is -1.75. The molecule has 1 unspecified atom stereocenters. The minimum Gasteiger partial charge on any atom is -0.380 e. The van der Waals surface area contributed by atoms with Crippen molar-refractivity contribution in [2.24, 2.45) is 5.92 Å². The average molecular weight is 259 g/mol. The number of nitrogens with zero attached hydrogens (tertiary/aromatic N) is 1. The summed E-state index contributed by atoms with van der Waals surface area (Å²) in [7, 11) is 1.78. The molecule has 2 N–H and O–H groups in total. The minimum atomic E-state index is -0.960. The predicted octanol–water partition coefficient (Wildman–Crippen LogP) is 2.14. The second-order valence-electron chi connectivity index (χ2n) is 4.09. The molecule has 1 aromatic rings. The lowest BCUT2D eigenvalue weighted by molar-refractivity contribution is -0.385. The monoisotopic (exact) mass is 259 g/mol. The van der Waals surface area contributed by atoms with Gasteiger partial charge in [0.15, 0.2) is 11.6 Å². The van der Waals surface area contributed by atoms with Crippen LogP contribution in [0.25, 0.3) is 0 Å². The van der Waals surface area contributed by atoms with Crippen LogP contribution in [0.2, 0.25) is 0 Å². The van der Waals surface area contributed by atoms with Crippen LogP contribution < -0.4 is 10.6 Å². The molecule has 7 heteroatoms. The molecule has 18 heavy (non-hydrogen) atoms. The molecule has 0 aliphatic carbocycles. The van der Waals surface area contributed by atoms with Crippen LogP contribution in [-0.2, 0) is 0 Å². The van der Waals surface area contributed by atoms with Crippen molar-refractivity contribution in [3.8, 4) is 0 Å². The summed E-state index contributed by atoms with van der Waals surface area (Å²) in [4.78, 5) is 9.58. The second kappa shape index (κ2) is 6.25. The van der Waals surface area contributed by atoms with E-state index in [2.05, 4.69) is 10.6 Å². The van der Waals surface area contributed by atoms with E-state index in [1.165, 1.54) is 0 Å². The topological polar surface area (TPSA) is 67.2 Å². The maximum Gasteiger partial charge on any atom is 0.275 e. The van der Waals surface area contributed by atoms with Gasteiger partial charge in [-0.25, -0.2) is 8.78 Å². The first-order valence-electron chi connectivity index (χ1n) is 5.47. The normalized spacial score (nSPS) is 12.2. The van der Waals surface area contributed by atoms with E-state index in [4.69, 9.17) is 0 Å². The van der Waals surface area contributed by atoms with Crippen molar-refractivity contribution in [1.29, 1.82) is 0 Å². The SMILES string of the molecule is CNCC(C)CNc1c(F)cc([N+](=O)[O-])cc1F. The van der Waals surface area contributed by atoms with Gasteiger partial charge in [0.1, 0.15) is 5.69 Å². The van der Waals surface area contributed by atoms with E-state index in [1.54, 1.807) is 7.05 Å². The Morgan fingerprint density at radius 2 is 1.89 bits per heavy atom. The quantitative estimate of drug-likeness (QED) is 0.606. The Balaban J connectivity index is 2.81. The van der Waals surface area contributed by atoms with Gasteiger partial charge in [-0.1, -0.05) is 6.92 Å². The Hall–Kier alpha value is -1.76. The van der Waals surface area contributed by atoms with Crippen molar-refractivity contribution in [3.05, 3.63) is 33.9 Å². The van der Waals surface area contributed by atoms with Crippen LogP contribution >= 0.6 is 0 Å². The summed E-state index contributed by atoms with van der Waals surface area (Å²) in [5.41, 5.74) is -0.928. The number of nitro benzene ring substituents is 1. The first-order chi connectivity index (χ1) is 8.45. The second-order valence-corrected chi connectivity index (χ2v) is 4.09. The molecular formula is C11H15F2N3O2. The Morgan fingerprint density at radius 3 is 2.33 bits per heavy atom. The van der Waals surface area contributed by atoms with Crippen LogP contribution in [0.4, 0.5) is 20.2 Å². The van der Waals surface area contributed by atoms with Crippen LogP contribution in [0.1, 0.15) is 6.92 Å². The molecule has 0 heterocycles. The van der Waals surface area contributed by atoms with Crippen molar-refractivity contribution in [2.45, 2.75) is 6.92 Å². The average Bonchev–Trinajstić information content (AvgIpc) is 2.27. The number of rotatable bonds is 6. The largest absolute Gasteiger partial charge is 0.380 e. The summed E-state index contributed by atoms with van der Waals surface area (Å²) in [6, 6.07) is 1.41. The first-order valence-corrected chi connectivity index (χ1v) is 5.47. The van der Waals surface area contributed by atoms with Gasteiger partial charge in [0.05, 0.1) is 17.1 Å². The maximum atomic E-state index is 13.5. The fraction of sp³-hybridized carbons (Fsp3) is 0.455. The molecule has 0 aliphatic heterocycles. The molecule has 0 spiro atoms. The van der Waals surface area contributed by atoms with Gasteiger partial charge in [-0.2, -0.15) is 0 Å². The van der Waals surface area contributed by atoms with Crippen LogP contribution in [0, 0.1) is 27.7 Å². The summed E-state index contributed by atoms with van der Waals surface area (Å²) in [6.07, 6.45) is 0. The molecule has 5 nitrogen and oxygen atoms in total. The lowest BCUT2D eigenvalue weighted by Gasteiger charge is -2.13. The van der Waals surface area contributed by atoms with Crippen molar-refractivity contribution in [3.63, 3.8) is 0 Å². The fourth-order valence-electron chi connectivity index (χ4n) is 1.53. The highest BCUT2D eigenvalue weighted by Gasteiger charge is 2.17. The zero-order chi connectivity index (χ0) is 13.7. The number of benzene rings is 1. The van der Waals surface area contributed by atoms with Crippen LogP contribution in [0.5, 0.6) is 0 Å². The molecule has 1 rings (SSSR count). The van der Waals surface area contributed by atoms with Gasteiger partial charge in [0.2, 0.25) is 0 Å². The van der Waals surface area contributed by atoms with E-state index < -0.39 is 22.2 Å². The molecule has 0 bridgehead atoms. The van der Waals surface area contributed by atoms with Crippen LogP contribution in [0.3, 0.4) is 0 Å². The molecule has 0 amide bonds. The highest BCUT2D eigenvalue weighted by molar-refractivity contribution is 5.51. The molecule has 100 valence electrons. The van der Waals surface area contributed by atoms with Crippen molar-refractivity contribution >= 4 is 11.4 Å². The molecule has 0 radical (unpaired) electrons. The maximum absolute atomic E-state index is 13.5. The standard InChI is InChI=1S/C11H15F2N3O2/c1-7(5-14-2)6-15-11-9(12)3-8(16(17)18)4-10(11)13/h3-4,7,14-15H,5-6H2,1-2H3. The minimum absolute atomic E-state index is 0.170. The van der Waals surface area contributed by atoms with E-state index in [9.17, 15) is 18.9 Å². The van der Waals surface area contributed by atoms with Crippen LogP contribution in [-0.4, -0.2) is 25.1 Å². The third-order valence-electron chi connectivity index (χ3n) is 2.42.